The number of rotatable bonds is 9. The normalized spacial score (nSPS) is 11.0. The van der Waals surface area contributed by atoms with Gasteiger partial charge >= 0.3 is 5.76 Å². The van der Waals surface area contributed by atoms with Crippen molar-refractivity contribution in [2.75, 3.05) is 0 Å². The molecule has 0 bridgehead atoms. The number of hydrogen-bond donors (Lipinski definition) is 1. The van der Waals surface area contributed by atoms with Gasteiger partial charge in [0.05, 0.1) is 17.5 Å². The first kappa shape index (κ1) is 30.6. The average Bonchev–Trinajstić information content (AvgIpc) is 3.38. The smallest absolute Gasteiger partial charge is 0.439 e. The SMILES string of the molecule is Br.CCCc1nc(C)n(-c2ccc(OC(C)C)cc2)c(=O)c1Cc1ccc(-c2ccccc2-c2noc(=O)[nH]2)cc1F. The molecule has 0 atom stereocenters. The van der Waals surface area contributed by atoms with Crippen molar-refractivity contribution in [3.05, 3.63) is 116 Å². The lowest BCUT2D eigenvalue weighted by Gasteiger charge is -2.17. The lowest BCUT2D eigenvalue weighted by atomic mass is 9.95. The Kier molecular flexibility index (Phi) is 9.57. The Morgan fingerprint density at radius 1 is 1.02 bits per heavy atom. The van der Waals surface area contributed by atoms with Gasteiger partial charge in [-0.3, -0.25) is 18.9 Å². The van der Waals surface area contributed by atoms with Gasteiger partial charge in [0, 0.05) is 17.5 Å². The number of nitrogens with zero attached hydrogens (tertiary/aromatic N) is 3. The fourth-order valence-electron chi connectivity index (χ4n) is 4.93. The van der Waals surface area contributed by atoms with Gasteiger partial charge in [0.15, 0.2) is 5.82 Å². The molecule has 0 aliphatic rings. The van der Waals surface area contributed by atoms with Crippen LogP contribution in [0.3, 0.4) is 0 Å². The maximum Gasteiger partial charge on any atom is 0.439 e. The molecule has 0 aliphatic heterocycles. The van der Waals surface area contributed by atoms with Gasteiger partial charge in [0.2, 0.25) is 0 Å². The highest BCUT2D eigenvalue weighted by molar-refractivity contribution is 8.93. The summed E-state index contributed by atoms with van der Waals surface area (Å²) in [6.07, 6.45) is 1.54. The lowest BCUT2D eigenvalue weighted by molar-refractivity contribution is 0.242. The van der Waals surface area contributed by atoms with Gasteiger partial charge in [-0.05, 0) is 74.2 Å². The van der Waals surface area contributed by atoms with Crippen molar-refractivity contribution in [3.63, 3.8) is 0 Å². The minimum atomic E-state index is -0.670. The largest absolute Gasteiger partial charge is 0.491 e. The van der Waals surface area contributed by atoms with Crippen LogP contribution in [0.15, 0.2) is 80.8 Å². The highest BCUT2D eigenvalue weighted by Gasteiger charge is 2.19. The third-order valence-electron chi connectivity index (χ3n) is 6.74. The van der Waals surface area contributed by atoms with Crippen LogP contribution in [0.4, 0.5) is 4.39 Å². The first-order valence-electron chi connectivity index (χ1n) is 13.6. The first-order valence-corrected chi connectivity index (χ1v) is 13.6. The predicted octanol–water partition coefficient (Wildman–Crippen LogP) is 6.60. The van der Waals surface area contributed by atoms with E-state index in [4.69, 9.17) is 9.72 Å². The highest BCUT2D eigenvalue weighted by Crippen LogP contribution is 2.31. The summed E-state index contributed by atoms with van der Waals surface area (Å²) in [6, 6.07) is 19.4. The molecule has 2 heterocycles. The van der Waals surface area contributed by atoms with Crippen LogP contribution in [0.2, 0.25) is 0 Å². The molecule has 1 N–H and O–H groups in total. The second-order valence-electron chi connectivity index (χ2n) is 10.1. The topological polar surface area (TPSA) is 103 Å². The summed E-state index contributed by atoms with van der Waals surface area (Å²) in [5.74, 6) is 0.419. The molecule has 0 unspecified atom stereocenters. The molecule has 5 aromatic rings. The molecule has 0 aliphatic carbocycles. The number of ether oxygens (including phenoxy) is 1. The molecule has 3 aromatic carbocycles. The molecular formula is C32H32BrFN4O4. The number of H-pyrrole nitrogens is 1. The molecule has 0 saturated carbocycles. The summed E-state index contributed by atoms with van der Waals surface area (Å²) in [6.45, 7) is 7.73. The van der Waals surface area contributed by atoms with E-state index in [1.165, 1.54) is 6.07 Å². The Morgan fingerprint density at radius 3 is 2.36 bits per heavy atom. The summed E-state index contributed by atoms with van der Waals surface area (Å²) < 4.78 is 27.6. The number of nitrogens with one attached hydrogen (secondary N) is 1. The molecule has 0 amide bonds. The molecule has 8 nitrogen and oxygen atoms in total. The number of benzene rings is 3. The summed E-state index contributed by atoms with van der Waals surface area (Å²) in [4.78, 5) is 32.7. The van der Waals surface area contributed by atoms with Crippen LogP contribution in [0.25, 0.3) is 28.2 Å². The summed E-state index contributed by atoms with van der Waals surface area (Å²) in [5, 5.41) is 3.77. The van der Waals surface area contributed by atoms with E-state index in [0.29, 0.717) is 57.2 Å². The quantitative estimate of drug-likeness (QED) is 0.196. The van der Waals surface area contributed by atoms with E-state index in [1.54, 1.807) is 35.8 Å². The first-order chi connectivity index (χ1) is 19.7. The number of aryl methyl sites for hydroxylation is 2. The van der Waals surface area contributed by atoms with Gasteiger partial charge in [0.25, 0.3) is 5.56 Å². The van der Waals surface area contributed by atoms with Gasteiger partial charge in [-0.15, -0.1) is 17.0 Å². The Balaban J connectivity index is 0.00000405. The van der Waals surface area contributed by atoms with Crippen LogP contribution in [0.5, 0.6) is 5.75 Å². The molecular weight excluding hydrogens is 603 g/mol. The summed E-state index contributed by atoms with van der Waals surface area (Å²) >= 11 is 0. The fourth-order valence-corrected chi connectivity index (χ4v) is 4.93. The Hall–Kier alpha value is -4.31. The van der Waals surface area contributed by atoms with Gasteiger partial charge in [-0.1, -0.05) is 54.9 Å². The Bertz CT molecular complexity index is 1810. The molecule has 0 saturated heterocycles. The molecule has 0 radical (unpaired) electrons. The lowest BCUT2D eigenvalue weighted by Crippen LogP contribution is -2.28. The van der Waals surface area contributed by atoms with Crippen LogP contribution in [0.1, 0.15) is 49.8 Å². The summed E-state index contributed by atoms with van der Waals surface area (Å²) in [7, 11) is 0. The maximum absolute atomic E-state index is 15.6. The van der Waals surface area contributed by atoms with Crippen molar-refractivity contribution in [2.45, 2.75) is 53.1 Å². The maximum atomic E-state index is 15.6. The van der Waals surface area contributed by atoms with Crippen LogP contribution in [-0.2, 0) is 12.8 Å². The van der Waals surface area contributed by atoms with Crippen molar-refractivity contribution >= 4 is 17.0 Å². The van der Waals surface area contributed by atoms with Crippen LogP contribution in [0, 0.1) is 12.7 Å². The van der Waals surface area contributed by atoms with Gasteiger partial charge in [0.1, 0.15) is 17.4 Å². The number of hydrogen-bond acceptors (Lipinski definition) is 6. The Morgan fingerprint density at radius 2 is 1.74 bits per heavy atom. The van der Waals surface area contributed by atoms with Crippen molar-refractivity contribution in [3.8, 4) is 34.0 Å². The van der Waals surface area contributed by atoms with Gasteiger partial charge in [-0.25, -0.2) is 14.2 Å². The summed E-state index contributed by atoms with van der Waals surface area (Å²) in [5.41, 5.74) is 3.85. The number of aromatic amines is 1. The van der Waals surface area contributed by atoms with E-state index in [0.717, 1.165) is 6.42 Å². The van der Waals surface area contributed by atoms with Crippen LogP contribution < -0.4 is 16.1 Å². The van der Waals surface area contributed by atoms with Gasteiger partial charge in [-0.2, -0.15) is 0 Å². The minimum absolute atomic E-state index is 0. The zero-order chi connectivity index (χ0) is 29.1. The van der Waals surface area contributed by atoms with Crippen molar-refractivity contribution in [1.82, 2.24) is 19.7 Å². The second-order valence-corrected chi connectivity index (χ2v) is 10.1. The molecule has 0 fully saturated rings. The van der Waals surface area contributed by atoms with E-state index < -0.39 is 11.6 Å². The predicted molar refractivity (Wildman–Crippen MR) is 165 cm³/mol. The molecule has 218 valence electrons. The molecule has 42 heavy (non-hydrogen) atoms. The third kappa shape index (κ3) is 6.44. The van der Waals surface area contributed by atoms with E-state index in [9.17, 15) is 9.59 Å². The van der Waals surface area contributed by atoms with Crippen molar-refractivity contribution in [2.24, 2.45) is 0 Å². The molecule has 2 aromatic heterocycles. The fraction of sp³-hybridized carbons (Fsp3) is 0.250. The van der Waals surface area contributed by atoms with E-state index >= 15 is 4.39 Å². The van der Waals surface area contributed by atoms with E-state index in [2.05, 4.69) is 14.7 Å². The molecule has 0 spiro atoms. The second kappa shape index (κ2) is 13.1. The highest BCUT2D eigenvalue weighted by atomic mass is 79.9. The van der Waals surface area contributed by atoms with Gasteiger partial charge < -0.3 is 4.74 Å². The third-order valence-corrected chi connectivity index (χ3v) is 6.74. The number of halogens is 2. The monoisotopic (exact) mass is 634 g/mol. The van der Waals surface area contributed by atoms with Crippen LogP contribution >= 0.6 is 17.0 Å². The average molecular weight is 636 g/mol. The van der Waals surface area contributed by atoms with Crippen molar-refractivity contribution < 1.29 is 13.7 Å². The van der Waals surface area contributed by atoms with E-state index in [-0.39, 0.29) is 40.9 Å². The minimum Gasteiger partial charge on any atom is -0.491 e. The zero-order valence-electron chi connectivity index (χ0n) is 23.8. The van der Waals surface area contributed by atoms with E-state index in [1.807, 2.05) is 57.2 Å². The number of aromatic nitrogens is 4. The standard InChI is InChI=1S/C32H31FN4O4.BrH/c1-5-8-29-27(31(38)37(20(4)34-29)23-13-15-24(16-14-23)40-19(2)3)17-22-12-11-21(18-28(22)33)25-9-6-7-10-26(25)30-35-32(39)41-36-30;/h6-7,9-16,18-19H,5,8,17H2,1-4H3,(H,35,36,39);1H. The van der Waals surface area contributed by atoms with Crippen molar-refractivity contribution in [1.29, 1.82) is 0 Å². The molecule has 5 rings (SSSR count). The zero-order valence-corrected chi connectivity index (χ0v) is 25.5. The molecule has 10 heteroatoms. The Labute approximate surface area is 253 Å². The van der Waals surface area contributed by atoms with Crippen LogP contribution in [-0.4, -0.2) is 25.8 Å².